The number of benzene rings is 1. The van der Waals surface area contributed by atoms with Crippen LogP contribution in [0.3, 0.4) is 0 Å². The van der Waals surface area contributed by atoms with Crippen LogP contribution in [0.5, 0.6) is 5.88 Å². The lowest BCUT2D eigenvalue weighted by Crippen LogP contribution is -2.38. The summed E-state index contributed by atoms with van der Waals surface area (Å²) in [5, 5.41) is 4.12. The van der Waals surface area contributed by atoms with E-state index in [0.717, 1.165) is 36.8 Å². The smallest absolute Gasteiger partial charge is 0.235 e. The van der Waals surface area contributed by atoms with Crippen LogP contribution in [0.2, 0.25) is 10.0 Å². The molecule has 0 atom stereocenters. The second-order valence-electron chi connectivity index (χ2n) is 7.05. The standard InChI is InChI=1S/C21H24Cl2N2O3/c1-14-11-16(13-24-19(14)28-10-9-27-2)25-20(26)21(7-3-4-8-21)17-6-5-15(22)12-18(17)23/h5-6,11-13H,3-4,7-10H2,1-2H3,(H,25,26). The number of aromatic nitrogens is 1. The van der Waals surface area contributed by atoms with Crippen LogP contribution in [-0.2, 0) is 14.9 Å². The van der Waals surface area contributed by atoms with Gasteiger partial charge in [-0.25, -0.2) is 4.98 Å². The number of carbonyl (C=O) groups excluding carboxylic acids is 1. The third-order valence-electron chi connectivity index (χ3n) is 5.15. The Morgan fingerprint density at radius 2 is 1.96 bits per heavy atom. The molecule has 1 heterocycles. The number of hydrogen-bond acceptors (Lipinski definition) is 4. The van der Waals surface area contributed by atoms with Gasteiger partial charge in [-0.15, -0.1) is 0 Å². The van der Waals surface area contributed by atoms with Crippen molar-refractivity contribution in [2.75, 3.05) is 25.6 Å². The number of pyridine rings is 1. The van der Waals surface area contributed by atoms with Gasteiger partial charge in [0.2, 0.25) is 11.8 Å². The van der Waals surface area contributed by atoms with E-state index in [-0.39, 0.29) is 5.91 Å². The molecule has 3 rings (SSSR count). The Hall–Kier alpha value is -1.82. The SMILES string of the molecule is COCCOc1ncc(NC(=O)C2(c3ccc(Cl)cc3Cl)CCCC2)cc1C. The summed E-state index contributed by atoms with van der Waals surface area (Å²) in [5.41, 5.74) is 1.66. The number of nitrogens with zero attached hydrogens (tertiary/aromatic N) is 1. The minimum atomic E-state index is -0.650. The maximum Gasteiger partial charge on any atom is 0.235 e. The van der Waals surface area contributed by atoms with Crippen molar-refractivity contribution in [3.63, 3.8) is 0 Å². The van der Waals surface area contributed by atoms with E-state index < -0.39 is 5.41 Å². The van der Waals surface area contributed by atoms with Gasteiger partial charge in [-0.2, -0.15) is 0 Å². The molecule has 1 N–H and O–H groups in total. The minimum Gasteiger partial charge on any atom is -0.475 e. The molecule has 150 valence electrons. The average molecular weight is 423 g/mol. The molecule has 0 aliphatic heterocycles. The zero-order valence-electron chi connectivity index (χ0n) is 16.1. The highest BCUT2D eigenvalue weighted by molar-refractivity contribution is 6.35. The number of ether oxygens (including phenoxy) is 2. The summed E-state index contributed by atoms with van der Waals surface area (Å²) in [6.07, 6.45) is 5.08. The van der Waals surface area contributed by atoms with Crippen molar-refractivity contribution in [2.45, 2.75) is 38.0 Å². The topological polar surface area (TPSA) is 60.5 Å². The van der Waals surface area contributed by atoms with Crippen molar-refractivity contribution in [2.24, 2.45) is 0 Å². The Morgan fingerprint density at radius 1 is 1.21 bits per heavy atom. The van der Waals surface area contributed by atoms with Gasteiger partial charge in [0.15, 0.2) is 0 Å². The largest absolute Gasteiger partial charge is 0.475 e. The molecule has 28 heavy (non-hydrogen) atoms. The second kappa shape index (κ2) is 9.12. The van der Waals surface area contributed by atoms with E-state index in [0.29, 0.717) is 34.8 Å². The normalized spacial score (nSPS) is 15.4. The minimum absolute atomic E-state index is 0.0662. The van der Waals surface area contributed by atoms with Crippen LogP contribution in [0.25, 0.3) is 0 Å². The van der Waals surface area contributed by atoms with Crippen LogP contribution in [0.15, 0.2) is 30.5 Å². The molecule has 1 aromatic heterocycles. The van der Waals surface area contributed by atoms with Gasteiger partial charge in [0, 0.05) is 22.7 Å². The Kier molecular flexibility index (Phi) is 6.81. The van der Waals surface area contributed by atoms with Crippen molar-refractivity contribution in [3.8, 4) is 5.88 Å². The molecule has 7 heteroatoms. The first-order valence-corrected chi connectivity index (χ1v) is 10.1. The van der Waals surface area contributed by atoms with Crippen LogP contribution >= 0.6 is 23.2 Å². The number of carbonyl (C=O) groups is 1. The summed E-state index contributed by atoms with van der Waals surface area (Å²) < 4.78 is 10.6. The molecule has 5 nitrogen and oxygen atoms in total. The van der Waals surface area contributed by atoms with E-state index >= 15 is 0 Å². The Morgan fingerprint density at radius 3 is 2.61 bits per heavy atom. The highest BCUT2D eigenvalue weighted by Crippen LogP contribution is 2.45. The van der Waals surface area contributed by atoms with Crippen molar-refractivity contribution in [3.05, 3.63) is 51.6 Å². The number of rotatable bonds is 7. The fourth-order valence-corrected chi connectivity index (χ4v) is 4.32. The molecular weight excluding hydrogens is 399 g/mol. The van der Waals surface area contributed by atoms with E-state index in [2.05, 4.69) is 10.3 Å². The summed E-state index contributed by atoms with van der Waals surface area (Å²) in [4.78, 5) is 17.6. The molecule has 0 bridgehead atoms. The fraction of sp³-hybridized carbons (Fsp3) is 0.429. The quantitative estimate of drug-likeness (QED) is 0.624. The number of nitrogens with one attached hydrogen (secondary N) is 1. The molecule has 2 aromatic rings. The van der Waals surface area contributed by atoms with E-state index in [1.807, 2.05) is 19.1 Å². The molecule has 1 fully saturated rings. The number of halogens is 2. The molecule has 0 radical (unpaired) electrons. The molecule has 0 saturated heterocycles. The van der Waals surface area contributed by atoms with Crippen molar-refractivity contribution < 1.29 is 14.3 Å². The van der Waals surface area contributed by atoms with Crippen LogP contribution < -0.4 is 10.1 Å². The summed E-state index contributed by atoms with van der Waals surface area (Å²) in [5.74, 6) is 0.467. The number of methoxy groups -OCH3 is 1. The molecule has 1 aliphatic carbocycles. The van der Waals surface area contributed by atoms with Gasteiger partial charge in [0.05, 0.1) is 23.9 Å². The number of aryl methyl sites for hydroxylation is 1. The Balaban J connectivity index is 1.81. The summed E-state index contributed by atoms with van der Waals surface area (Å²) in [6, 6.07) is 7.21. The zero-order chi connectivity index (χ0) is 20.1. The number of anilines is 1. The van der Waals surface area contributed by atoms with E-state index in [4.69, 9.17) is 32.7 Å². The van der Waals surface area contributed by atoms with Crippen LogP contribution in [-0.4, -0.2) is 31.2 Å². The highest BCUT2D eigenvalue weighted by atomic mass is 35.5. The van der Waals surface area contributed by atoms with Gasteiger partial charge < -0.3 is 14.8 Å². The lowest BCUT2D eigenvalue weighted by molar-refractivity contribution is -0.121. The molecule has 1 aliphatic rings. The summed E-state index contributed by atoms with van der Waals surface area (Å²) in [6.45, 7) is 2.81. The zero-order valence-corrected chi connectivity index (χ0v) is 17.6. The van der Waals surface area contributed by atoms with Gasteiger partial charge in [-0.1, -0.05) is 42.1 Å². The summed E-state index contributed by atoms with van der Waals surface area (Å²) in [7, 11) is 1.62. The van der Waals surface area contributed by atoms with Gasteiger partial charge >= 0.3 is 0 Å². The third kappa shape index (κ3) is 4.43. The average Bonchev–Trinajstić information content (AvgIpc) is 3.14. The van der Waals surface area contributed by atoms with Crippen molar-refractivity contribution in [1.29, 1.82) is 0 Å². The van der Waals surface area contributed by atoms with E-state index in [1.54, 1.807) is 25.4 Å². The van der Waals surface area contributed by atoms with E-state index in [1.165, 1.54) is 0 Å². The monoisotopic (exact) mass is 422 g/mol. The molecule has 1 saturated carbocycles. The summed E-state index contributed by atoms with van der Waals surface area (Å²) >= 11 is 12.5. The van der Waals surface area contributed by atoms with Gasteiger partial charge in [-0.3, -0.25) is 4.79 Å². The van der Waals surface area contributed by atoms with Crippen LogP contribution in [0.1, 0.15) is 36.8 Å². The molecule has 1 amide bonds. The van der Waals surface area contributed by atoms with Gasteiger partial charge in [0.1, 0.15) is 6.61 Å². The fourth-order valence-electron chi connectivity index (χ4n) is 3.73. The lowest BCUT2D eigenvalue weighted by Gasteiger charge is -2.29. The molecular formula is C21H24Cl2N2O3. The van der Waals surface area contributed by atoms with Crippen LogP contribution in [0, 0.1) is 6.92 Å². The van der Waals surface area contributed by atoms with Gasteiger partial charge in [-0.05, 0) is 43.5 Å². The highest BCUT2D eigenvalue weighted by Gasteiger charge is 2.44. The van der Waals surface area contributed by atoms with Crippen LogP contribution in [0.4, 0.5) is 5.69 Å². The lowest BCUT2D eigenvalue weighted by atomic mass is 9.78. The maximum atomic E-state index is 13.3. The number of amides is 1. The third-order valence-corrected chi connectivity index (χ3v) is 5.70. The first-order valence-electron chi connectivity index (χ1n) is 9.31. The first-order chi connectivity index (χ1) is 13.5. The molecule has 1 aromatic carbocycles. The first kappa shape index (κ1) is 20.9. The predicted molar refractivity (Wildman–Crippen MR) is 112 cm³/mol. The van der Waals surface area contributed by atoms with Crippen molar-refractivity contribution in [1.82, 2.24) is 4.98 Å². The maximum absolute atomic E-state index is 13.3. The Bertz CT molecular complexity index is 852. The van der Waals surface area contributed by atoms with E-state index in [9.17, 15) is 4.79 Å². The Labute approximate surface area is 175 Å². The molecule has 0 unspecified atom stereocenters. The van der Waals surface area contributed by atoms with Crippen molar-refractivity contribution >= 4 is 34.8 Å². The number of hydrogen-bond donors (Lipinski definition) is 1. The second-order valence-corrected chi connectivity index (χ2v) is 7.90. The predicted octanol–water partition coefficient (Wildman–Crippen LogP) is 5.17. The van der Waals surface area contributed by atoms with Gasteiger partial charge in [0.25, 0.3) is 0 Å². The molecule has 0 spiro atoms.